The van der Waals surface area contributed by atoms with Gasteiger partial charge < -0.3 is 42.6 Å². The molecule has 0 bridgehead atoms. The molecule has 10 atom stereocenters. The number of benzene rings is 3. The molecular weight excluding hydrogens is 815 g/mol. The quantitative estimate of drug-likeness (QED) is 0.105. The van der Waals surface area contributed by atoms with E-state index in [9.17, 15) is 28.8 Å². The van der Waals surface area contributed by atoms with Crippen molar-refractivity contribution in [2.45, 2.75) is 108 Å². The summed E-state index contributed by atoms with van der Waals surface area (Å²) in [6, 6.07) is 24.0. The van der Waals surface area contributed by atoms with Crippen molar-refractivity contribution in [1.82, 2.24) is 4.90 Å². The van der Waals surface area contributed by atoms with Crippen LogP contribution in [0.15, 0.2) is 84.9 Å². The van der Waals surface area contributed by atoms with Crippen LogP contribution < -0.4 is 0 Å². The second-order valence-corrected chi connectivity index (χ2v) is 15.8. The standard InChI is InChI=1S/C44H49NO15S/c1-6-61-44-35(45-41(50)31-19-13-14-20-32(31)42(45)51)38(54-22-30-17-11-8-12-18-30)36(33(59-44)23-52-21-29-15-9-7-10-16-29)60-43-40(57-28(5)49)39(56-27(4)48)37(55-26(3)47)34(58-43)24-53-25(2)46/h7-20,33-40,43-44H,6,21-24H2,1-5H3/t33-,34-,35-,36-,37+,38-,39+,40-,43+,44+/m1/s1. The molecule has 0 unspecified atom stereocenters. The van der Waals surface area contributed by atoms with E-state index < -0.39 is 103 Å². The minimum Gasteiger partial charge on any atom is -0.463 e. The minimum atomic E-state index is -1.66. The van der Waals surface area contributed by atoms with Crippen molar-refractivity contribution in [2.24, 2.45) is 0 Å². The Hall–Kier alpha value is -5.17. The molecule has 16 nitrogen and oxygen atoms in total. The van der Waals surface area contributed by atoms with E-state index >= 15 is 0 Å². The van der Waals surface area contributed by atoms with Crippen LogP contribution in [-0.4, -0.2) is 120 Å². The van der Waals surface area contributed by atoms with Gasteiger partial charge in [0.25, 0.3) is 11.8 Å². The highest BCUT2D eigenvalue weighted by Crippen LogP contribution is 2.41. The smallest absolute Gasteiger partial charge is 0.303 e. The third kappa shape index (κ3) is 11.2. The molecule has 2 saturated heterocycles. The number of thioether (sulfide) groups is 1. The van der Waals surface area contributed by atoms with Gasteiger partial charge in [-0.15, -0.1) is 11.8 Å². The molecule has 0 aliphatic carbocycles. The van der Waals surface area contributed by atoms with E-state index in [0.29, 0.717) is 5.75 Å². The van der Waals surface area contributed by atoms with Crippen molar-refractivity contribution < 1.29 is 71.4 Å². The maximum Gasteiger partial charge on any atom is 0.303 e. The Balaban J connectivity index is 1.47. The summed E-state index contributed by atoms with van der Waals surface area (Å²) in [5.41, 5.74) is 1.18. The zero-order valence-corrected chi connectivity index (χ0v) is 35.2. The predicted molar refractivity (Wildman–Crippen MR) is 215 cm³/mol. The van der Waals surface area contributed by atoms with Gasteiger partial charge in [0.2, 0.25) is 0 Å². The maximum absolute atomic E-state index is 14.3. The molecular formula is C44H49NO15S. The molecule has 17 heteroatoms. The van der Waals surface area contributed by atoms with Crippen LogP contribution in [0.1, 0.15) is 66.5 Å². The molecule has 326 valence electrons. The maximum atomic E-state index is 14.3. The third-order valence-electron chi connectivity index (χ3n) is 9.99. The van der Waals surface area contributed by atoms with E-state index in [2.05, 4.69) is 0 Å². The van der Waals surface area contributed by atoms with Crippen LogP contribution in [-0.2, 0) is 75.0 Å². The fraction of sp³-hybridized carbons (Fsp3) is 0.455. The van der Waals surface area contributed by atoms with Crippen LogP contribution in [0.3, 0.4) is 0 Å². The number of rotatable bonds is 17. The summed E-state index contributed by atoms with van der Waals surface area (Å²) in [5.74, 6) is -3.76. The molecule has 61 heavy (non-hydrogen) atoms. The Kier molecular flexibility index (Phi) is 15.7. The summed E-state index contributed by atoms with van der Waals surface area (Å²) < 4.78 is 55.4. The predicted octanol–water partition coefficient (Wildman–Crippen LogP) is 4.40. The second kappa shape index (κ2) is 21.1. The average Bonchev–Trinajstić information content (AvgIpc) is 3.47. The Morgan fingerprint density at radius 1 is 0.607 bits per heavy atom. The lowest BCUT2D eigenvalue weighted by Crippen LogP contribution is -2.68. The van der Waals surface area contributed by atoms with E-state index in [0.717, 1.165) is 36.8 Å². The molecule has 0 N–H and O–H groups in total. The molecule has 0 saturated carbocycles. The number of ether oxygens (including phenoxy) is 9. The van der Waals surface area contributed by atoms with Crippen LogP contribution in [0.2, 0.25) is 0 Å². The van der Waals surface area contributed by atoms with Gasteiger partial charge in [-0.05, 0) is 29.0 Å². The van der Waals surface area contributed by atoms with Crippen molar-refractivity contribution >= 4 is 47.5 Å². The van der Waals surface area contributed by atoms with Crippen LogP contribution >= 0.6 is 11.8 Å². The first-order valence-corrected chi connectivity index (χ1v) is 20.9. The summed E-state index contributed by atoms with van der Waals surface area (Å²) >= 11 is 1.35. The van der Waals surface area contributed by atoms with Gasteiger partial charge in [-0.2, -0.15) is 0 Å². The van der Waals surface area contributed by atoms with Crippen molar-refractivity contribution in [3.8, 4) is 0 Å². The first-order chi connectivity index (χ1) is 29.4. The molecule has 3 aromatic carbocycles. The zero-order chi connectivity index (χ0) is 43.6. The van der Waals surface area contributed by atoms with E-state index in [1.165, 1.54) is 18.7 Å². The van der Waals surface area contributed by atoms with E-state index in [-0.39, 0.29) is 30.9 Å². The van der Waals surface area contributed by atoms with Crippen LogP contribution in [0, 0.1) is 0 Å². The second-order valence-electron chi connectivity index (χ2n) is 14.4. The van der Waals surface area contributed by atoms with Gasteiger partial charge >= 0.3 is 23.9 Å². The van der Waals surface area contributed by atoms with Gasteiger partial charge in [0.05, 0.1) is 30.9 Å². The lowest BCUT2D eigenvalue weighted by Gasteiger charge is -2.51. The lowest BCUT2D eigenvalue weighted by molar-refractivity contribution is -0.340. The number of hydrogen-bond acceptors (Lipinski definition) is 16. The Morgan fingerprint density at radius 3 is 1.69 bits per heavy atom. The molecule has 3 heterocycles. The zero-order valence-electron chi connectivity index (χ0n) is 34.4. The Labute approximate surface area is 357 Å². The van der Waals surface area contributed by atoms with Crippen molar-refractivity contribution in [1.29, 1.82) is 0 Å². The summed E-state index contributed by atoms with van der Waals surface area (Å²) in [5, 5.41) is 0. The largest absolute Gasteiger partial charge is 0.463 e. The van der Waals surface area contributed by atoms with Crippen molar-refractivity contribution in [2.75, 3.05) is 19.0 Å². The number of hydrogen-bond donors (Lipinski definition) is 0. The number of fused-ring (bicyclic) bond motifs is 1. The van der Waals surface area contributed by atoms with E-state index in [4.69, 9.17) is 42.6 Å². The first-order valence-electron chi connectivity index (χ1n) is 19.8. The van der Waals surface area contributed by atoms with Gasteiger partial charge in [0.1, 0.15) is 42.5 Å². The summed E-state index contributed by atoms with van der Waals surface area (Å²) in [6.07, 6.45) is -11.1. The summed E-state index contributed by atoms with van der Waals surface area (Å²) in [7, 11) is 0. The minimum absolute atomic E-state index is 0.00921. The Morgan fingerprint density at radius 2 is 1.13 bits per heavy atom. The van der Waals surface area contributed by atoms with E-state index in [1.807, 2.05) is 67.6 Å². The lowest BCUT2D eigenvalue weighted by atomic mass is 9.94. The highest BCUT2D eigenvalue weighted by molar-refractivity contribution is 7.99. The SMILES string of the molecule is CCS[C@@H]1O[C@H](COCc2ccccc2)[C@@H](O[C@@H]2O[C@H](COC(C)=O)[C@H](OC(C)=O)[C@H](OC(C)=O)[C@H]2OC(C)=O)[C@H](OCc2ccccc2)[C@H]1N1C(=O)c2ccccc2C1=O. The highest BCUT2D eigenvalue weighted by Gasteiger charge is 2.58. The van der Waals surface area contributed by atoms with Gasteiger partial charge in [-0.1, -0.05) is 79.7 Å². The Bertz CT molecular complexity index is 1980. The number of imide groups is 1. The summed E-state index contributed by atoms with van der Waals surface area (Å²) in [6.45, 7) is 6.00. The summed E-state index contributed by atoms with van der Waals surface area (Å²) in [4.78, 5) is 79.7. The fourth-order valence-electron chi connectivity index (χ4n) is 7.52. The third-order valence-corrected chi connectivity index (χ3v) is 11.0. The molecule has 6 rings (SSSR count). The first kappa shape index (κ1) is 45.4. The van der Waals surface area contributed by atoms with Crippen molar-refractivity contribution in [3.05, 3.63) is 107 Å². The molecule has 0 aromatic heterocycles. The molecule has 3 aliphatic heterocycles. The van der Waals surface area contributed by atoms with Gasteiger partial charge in [-0.25, -0.2) is 0 Å². The van der Waals surface area contributed by atoms with Gasteiger partial charge in [0, 0.05) is 27.7 Å². The number of esters is 4. The van der Waals surface area contributed by atoms with Crippen LogP contribution in [0.4, 0.5) is 0 Å². The molecule has 3 aromatic rings. The number of amides is 2. The number of carbonyl (C=O) groups excluding carboxylic acids is 6. The fourth-order valence-corrected chi connectivity index (χ4v) is 8.54. The van der Waals surface area contributed by atoms with Gasteiger partial charge in [-0.3, -0.25) is 33.7 Å². The normalized spacial score (nSPS) is 27.2. The van der Waals surface area contributed by atoms with E-state index in [1.54, 1.807) is 24.3 Å². The number of nitrogens with zero attached hydrogens (tertiary/aromatic N) is 1. The molecule has 3 aliphatic rings. The average molecular weight is 864 g/mol. The topological polar surface area (TPSA) is 189 Å². The molecule has 2 fully saturated rings. The monoisotopic (exact) mass is 863 g/mol. The molecule has 2 amide bonds. The van der Waals surface area contributed by atoms with Gasteiger partial charge in [0.15, 0.2) is 24.6 Å². The van der Waals surface area contributed by atoms with Crippen molar-refractivity contribution in [3.63, 3.8) is 0 Å². The van der Waals surface area contributed by atoms with Crippen LogP contribution in [0.5, 0.6) is 0 Å². The van der Waals surface area contributed by atoms with Crippen LogP contribution in [0.25, 0.3) is 0 Å². The molecule has 0 spiro atoms. The highest BCUT2D eigenvalue weighted by atomic mass is 32.2. The number of carbonyl (C=O) groups is 6. The molecule has 0 radical (unpaired) electrons.